The van der Waals surface area contributed by atoms with Crippen molar-refractivity contribution in [2.75, 3.05) is 11.4 Å². The summed E-state index contributed by atoms with van der Waals surface area (Å²) in [5.41, 5.74) is -0.242. The van der Waals surface area contributed by atoms with Crippen LogP contribution in [-0.2, 0) is 26.9 Å². The SMILES string of the molecule is C[C@@H]1CN2c3ccc(-c4noc(C(F)(F)F)n4)cc3CC3(C(=O)NC(=O)NC3=O)[C@H]2[C@H](C)O1. The normalized spacial score (nSPS) is 26.5. The third kappa shape index (κ3) is 3.17. The zero-order chi connectivity index (χ0) is 23.7. The molecule has 4 heterocycles. The van der Waals surface area contributed by atoms with Crippen LogP contribution in [0.15, 0.2) is 22.7 Å². The van der Waals surface area contributed by atoms with Gasteiger partial charge in [-0.05, 0) is 44.0 Å². The smallest absolute Gasteiger partial charge is 0.372 e. The molecule has 3 aliphatic rings. The van der Waals surface area contributed by atoms with Crippen molar-refractivity contribution in [3.05, 3.63) is 29.7 Å². The summed E-state index contributed by atoms with van der Waals surface area (Å²) >= 11 is 0. The van der Waals surface area contributed by atoms with Crippen molar-refractivity contribution >= 4 is 23.5 Å². The summed E-state index contributed by atoms with van der Waals surface area (Å²) in [4.78, 5) is 43.3. The van der Waals surface area contributed by atoms with Gasteiger partial charge in [-0.1, -0.05) is 5.16 Å². The zero-order valence-corrected chi connectivity index (χ0v) is 17.4. The number of carbonyl (C=O) groups excluding carboxylic acids is 3. The number of imide groups is 2. The lowest BCUT2D eigenvalue weighted by atomic mass is 9.66. The molecule has 0 unspecified atom stereocenters. The van der Waals surface area contributed by atoms with E-state index in [0.717, 1.165) is 0 Å². The van der Waals surface area contributed by atoms with Gasteiger partial charge in [0, 0.05) is 17.8 Å². The molecular weight excluding hydrogens is 447 g/mol. The van der Waals surface area contributed by atoms with E-state index in [1.165, 1.54) is 6.07 Å². The van der Waals surface area contributed by atoms with Gasteiger partial charge in [0.2, 0.25) is 17.6 Å². The molecule has 2 aromatic rings. The topological polar surface area (TPSA) is 127 Å². The number of hydrogen-bond donors (Lipinski definition) is 2. The summed E-state index contributed by atoms with van der Waals surface area (Å²) in [5, 5.41) is 7.76. The summed E-state index contributed by atoms with van der Waals surface area (Å²) in [6.45, 7) is 3.96. The predicted octanol–water partition coefficient (Wildman–Crippen LogP) is 1.65. The van der Waals surface area contributed by atoms with E-state index in [9.17, 15) is 27.6 Å². The number of rotatable bonds is 1. The number of alkyl halides is 3. The highest BCUT2D eigenvalue weighted by atomic mass is 19.4. The number of amides is 4. The van der Waals surface area contributed by atoms with Crippen LogP contribution in [0.25, 0.3) is 11.4 Å². The quantitative estimate of drug-likeness (QED) is 0.609. The molecule has 5 rings (SSSR count). The van der Waals surface area contributed by atoms with E-state index in [1.54, 1.807) is 19.1 Å². The molecule has 0 aliphatic carbocycles. The molecule has 0 saturated carbocycles. The third-order valence-electron chi connectivity index (χ3n) is 6.24. The molecule has 1 aromatic carbocycles. The fraction of sp³-hybridized carbons (Fsp3) is 0.450. The molecule has 33 heavy (non-hydrogen) atoms. The number of urea groups is 1. The largest absolute Gasteiger partial charge is 0.471 e. The van der Waals surface area contributed by atoms with Crippen molar-refractivity contribution in [2.45, 2.75) is 44.7 Å². The van der Waals surface area contributed by atoms with Crippen LogP contribution >= 0.6 is 0 Å². The van der Waals surface area contributed by atoms with Crippen molar-refractivity contribution in [3.63, 3.8) is 0 Å². The monoisotopic (exact) mass is 465 g/mol. The summed E-state index contributed by atoms with van der Waals surface area (Å²) in [6.07, 6.45) is -5.64. The lowest BCUT2D eigenvalue weighted by molar-refractivity contribution is -0.159. The average molecular weight is 465 g/mol. The maximum atomic E-state index is 13.1. The standard InChI is InChI=1S/C20H18F3N5O5/c1-8-7-28-12-4-3-10(14-24-17(33-27-14)20(21,22)23)5-11(12)6-19(13(28)9(2)32-8)15(29)25-18(31)26-16(19)30/h3-5,8-9,13H,6-7H2,1-2H3,(H2,25,26,29,30,31)/t8-,9+,13-/m1/s1. The number of halogens is 3. The fourth-order valence-corrected chi connectivity index (χ4v) is 5.04. The van der Waals surface area contributed by atoms with Crippen LogP contribution in [0.1, 0.15) is 25.3 Å². The minimum atomic E-state index is -4.79. The van der Waals surface area contributed by atoms with Crippen LogP contribution < -0.4 is 15.5 Å². The van der Waals surface area contributed by atoms with Gasteiger partial charge in [-0.25, -0.2) is 4.79 Å². The van der Waals surface area contributed by atoms with Crippen LogP contribution in [0.2, 0.25) is 0 Å². The molecule has 13 heteroatoms. The molecule has 3 atom stereocenters. The highest BCUT2D eigenvalue weighted by Crippen LogP contribution is 2.47. The van der Waals surface area contributed by atoms with E-state index in [2.05, 4.69) is 25.3 Å². The number of ether oxygens (including phenoxy) is 1. The van der Waals surface area contributed by atoms with Crippen molar-refractivity contribution in [3.8, 4) is 11.4 Å². The first kappa shape index (κ1) is 21.4. The van der Waals surface area contributed by atoms with E-state index in [1.807, 2.05) is 11.8 Å². The first-order chi connectivity index (χ1) is 15.5. The molecule has 0 radical (unpaired) electrons. The third-order valence-corrected chi connectivity index (χ3v) is 6.24. The van der Waals surface area contributed by atoms with Crippen LogP contribution in [0, 0.1) is 5.41 Å². The van der Waals surface area contributed by atoms with Crippen LogP contribution in [-0.4, -0.2) is 52.8 Å². The number of fused-ring (bicyclic) bond motifs is 4. The number of carbonyl (C=O) groups is 3. The van der Waals surface area contributed by atoms with E-state index < -0.39 is 47.5 Å². The molecule has 10 nitrogen and oxygen atoms in total. The Kier molecular flexibility index (Phi) is 4.54. The summed E-state index contributed by atoms with van der Waals surface area (Å²) in [5.74, 6) is -3.28. The number of anilines is 1. The number of hydrogen-bond acceptors (Lipinski definition) is 8. The Morgan fingerprint density at radius 2 is 1.85 bits per heavy atom. The van der Waals surface area contributed by atoms with Gasteiger partial charge in [-0.3, -0.25) is 20.2 Å². The number of barbiturate groups is 1. The molecule has 1 aromatic heterocycles. The Morgan fingerprint density at radius 1 is 1.15 bits per heavy atom. The Balaban J connectivity index is 1.63. The first-order valence-corrected chi connectivity index (χ1v) is 10.1. The molecule has 2 fully saturated rings. The van der Waals surface area contributed by atoms with Crippen molar-refractivity contribution in [1.29, 1.82) is 0 Å². The molecule has 3 aliphatic heterocycles. The molecule has 1 spiro atoms. The number of nitrogens with one attached hydrogen (secondary N) is 2. The fourth-order valence-electron chi connectivity index (χ4n) is 5.04. The van der Waals surface area contributed by atoms with E-state index in [4.69, 9.17) is 4.74 Å². The Morgan fingerprint density at radius 3 is 2.48 bits per heavy atom. The van der Waals surface area contributed by atoms with Crippen molar-refractivity contribution in [2.24, 2.45) is 5.41 Å². The number of nitrogens with zero attached hydrogens (tertiary/aromatic N) is 3. The second kappa shape index (κ2) is 7.01. The van der Waals surface area contributed by atoms with Gasteiger partial charge in [0.1, 0.15) is 0 Å². The van der Waals surface area contributed by atoms with Crippen LogP contribution in [0.3, 0.4) is 0 Å². The van der Waals surface area contributed by atoms with Gasteiger partial charge < -0.3 is 14.2 Å². The van der Waals surface area contributed by atoms with Crippen molar-refractivity contribution < 1.29 is 36.8 Å². The second-order valence-corrected chi connectivity index (χ2v) is 8.40. The molecule has 0 bridgehead atoms. The Bertz CT molecular complexity index is 1160. The second-order valence-electron chi connectivity index (χ2n) is 8.40. The summed E-state index contributed by atoms with van der Waals surface area (Å²) in [7, 11) is 0. The molecule has 2 saturated heterocycles. The van der Waals surface area contributed by atoms with Crippen LogP contribution in [0.5, 0.6) is 0 Å². The van der Waals surface area contributed by atoms with Crippen molar-refractivity contribution in [1.82, 2.24) is 20.8 Å². The first-order valence-electron chi connectivity index (χ1n) is 10.1. The number of benzene rings is 1. The van der Waals surface area contributed by atoms with Gasteiger partial charge in [-0.15, -0.1) is 0 Å². The highest BCUT2D eigenvalue weighted by Gasteiger charge is 2.62. The van der Waals surface area contributed by atoms with Gasteiger partial charge in [0.05, 0.1) is 18.2 Å². The molecular formula is C20H18F3N5O5. The molecule has 4 amide bonds. The predicted molar refractivity (Wildman–Crippen MR) is 104 cm³/mol. The Hall–Kier alpha value is -3.48. The summed E-state index contributed by atoms with van der Waals surface area (Å²) < 4.78 is 48.9. The lowest BCUT2D eigenvalue weighted by Crippen LogP contribution is -2.75. The maximum Gasteiger partial charge on any atom is 0.471 e. The van der Waals surface area contributed by atoms with E-state index in [-0.39, 0.29) is 23.9 Å². The Labute approximate surface area is 184 Å². The van der Waals surface area contributed by atoms with E-state index in [0.29, 0.717) is 17.8 Å². The van der Waals surface area contributed by atoms with Gasteiger partial charge in [0.25, 0.3) is 0 Å². The molecule has 2 N–H and O–H groups in total. The number of aromatic nitrogens is 2. The lowest BCUT2D eigenvalue weighted by Gasteiger charge is -2.55. The average Bonchev–Trinajstić information content (AvgIpc) is 3.22. The summed E-state index contributed by atoms with van der Waals surface area (Å²) in [6, 6.07) is 3.14. The van der Waals surface area contributed by atoms with Crippen LogP contribution in [0.4, 0.5) is 23.7 Å². The minimum absolute atomic E-state index is 0.103. The maximum absolute atomic E-state index is 13.1. The van der Waals surface area contributed by atoms with E-state index >= 15 is 0 Å². The molecule has 174 valence electrons. The van der Waals surface area contributed by atoms with Gasteiger partial charge in [-0.2, -0.15) is 18.2 Å². The van der Waals surface area contributed by atoms with Gasteiger partial charge in [0.15, 0.2) is 5.41 Å². The zero-order valence-electron chi connectivity index (χ0n) is 17.4. The highest BCUT2D eigenvalue weighted by molar-refractivity contribution is 6.20. The number of morpholine rings is 1. The van der Waals surface area contributed by atoms with Gasteiger partial charge >= 0.3 is 18.1 Å². The minimum Gasteiger partial charge on any atom is -0.372 e.